The maximum Gasteiger partial charge on any atom is 0.220 e. The summed E-state index contributed by atoms with van der Waals surface area (Å²) in [6.07, 6.45) is 3.90. The lowest BCUT2D eigenvalue weighted by Crippen LogP contribution is -2.44. The quantitative estimate of drug-likeness (QED) is 0.566. The van der Waals surface area contributed by atoms with Crippen molar-refractivity contribution in [2.24, 2.45) is 0 Å². The zero-order chi connectivity index (χ0) is 20.3. The van der Waals surface area contributed by atoms with Gasteiger partial charge in [-0.1, -0.05) is 74.5 Å². The molecule has 150 valence electrons. The van der Waals surface area contributed by atoms with Gasteiger partial charge < -0.3 is 10.1 Å². The minimum absolute atomic E-state index is 0.000123. The Morgan fingerprint density at radius 2 is 1.72 bits per heavy atom. The average Bonchev–Trinajstić information content (AvgIpc) is 2.77. The van der Waals surface area contributed by atoms with Crippen LogP contribution in [0.15, 0.2) is 66.7 Å². The molecular formula is C26H29NO2. The molecule has 1 atom stereocenters. The summed E-state index contributed by atoms with van der Waals surface area (Å²) in [6.45, 7) is 4.33. The summed E-state index contributed by atoms with van der Waals surface area (Å²) in [5.41, 5.74) is 2.10. The molecule has 3 heteroatoms. The summed E-state index contributed by atoms with van der Waals surface area (Å²) in [4.78, 5) is 12.9. The van der Waals surface area contributed by atoms with Crippen molar-refractivity contribution in [3.8, 4) is 5.75 Å². The van der Waals surface area contributed by atoms with Crippen LogP contribution in [0.4, 0.5) is 0 Å². The van der Waals surface area contributed by atoms with Crippen LogP contribution in [0.25, 0.3) is 10.8 Å². The minimum atomic E-state index is -0.206. The van der Waals surface area contributed by atoms with Gasteiger partial charge in [0.05, 0.1) is 6.04 Å². The van der Waals surface area contributed by atoms with Crippen LogP contribution in [-0.2, 0) is 11.2 Å². The van der Waals surface area contributed by atoms with E-state index in [0.717, 1.165) is 37.0 Å². The molecule has 3 aromatic carbocycles. The highest BCUT2D eigenvalue weighted by molar-refractivity contribution is 5.86. The van der Waals surface area contributed by atoms with Crippen molar-refractivity contribution >= 4 is 16.7 Å². The number of amides is 1. The van der Waals surface area contributed by atoms with Gasteiger partial charge in [0.1, 0.15) is 11.4 Å². The normalized spacial score (nSPS) is 17.4. The lowest BCUT2D eigenvalue weighted by molar-refractivity contribution is -0.122. The highest BCUT2D eigenvalue weighted by Gasteiger charge is 2.38. The van der Waals surface area contributed by atoms with Crippen LogP contribution in [0.2, 0.25) is 0 Å². The van der Waals surface area contributed by atoms with Crippen molar-refractivity contribution in [1.29, 1.82) is 0 Å². The monoisotopic (exact) mass is 387 g/mol. The van der Waals surface area contributed by atoms with Crippen molar-refractivity contribution in [3.63, 3.8) is 0 Å². The van der Waals surface area contributed by atoms with E-state index < -0.39 is 0 Å². The Hall–Kier alpha value is -2.81. The zero-order valence-electron chi connectivity index (χ0n) is 17.3. The predicted molar refractivity (Wildman–Crippen MR) is 118 cm³/mol. The van der Waals surface area contributed by atoms with E-state index in [1.54, 1.807) is 0 Å². The Labute approximate surface area is 173 Å². The van der Waals surface area contributed by atoms with Crippen LogP contribution >= 0.6 is 0 Å². The molecule has 1 aliphatic heterocycles. The number of fused-ring (bicyclic) bond motifs is 2. The smallest absolute Gasteiger partial charge is 0.220 e. The second-order valence-electron chi connectivity index (χ2n) is 7.99. The Bertz CT molecular complexity index is 1000. The number of aryl methyl sites for hydroxylation is 1. The Balaban J connectivity index is 1.49. The molecule has 0 radical (unpaired) electrons. The van der Waals surface area contributed by atoms with Crippen molar-refractivity contribution in [2.75, 3.05) is 0 Å². The van der Waals surface area contributed by atoms with Crippen LogP contribution in [0.1, 0.15) is 56.7 Å². The van der Waals surface area contributed by atoms with Crippen molar-refractivity contribution in [1.82, 2.24) is 5.32 Å². The van der Waals surface area contributed by atoms with Gasteiger partial charge in [0.15, 0.2) is 0 Å². The molecule has 0 aliphatic carbocycles. The summed E-state index contributed by atoms with van der Waals surface area (Å²) < 4.78 is 6.36. The summed E-state index contributed by atoms with van der Waals surface area (Å²) >= 11 is 0. The number of hydrogen-bond acceptors (Lipinski definition) is 2. The van der Waals surface area contributed by atoms with Crippen LogP contribution in [0, 0.1) is 0 Å². The topological polar surface area (TPSA) is 38.3 Å². The third-order valence-corrected chi connectivity index (χ3v) is 6.32. The molecule has 1 unspecified atom stereocenters. The second kappa shape index (κ2) is 8.28. The molecule has 1 amide bonds. The lowest BCUT2D eigenvalue weighted by Gasteiger charge is -2.41. The molecule has 0 fully saturated rings. The van der Waals surface area contributed by atoms with Gasteiger partial charge in [0.25, 0.3) is 0 Å². The number of hydrogen-bond donors (Lipinski definition) is 1. The first-order valence-electron chi connectivity index (χ1n) is 10.7. The van der Waals surface area contributed by atoms with Gasteiger partial charge in [0.2, 0.25) is 5.91 Å². The predicted octanol–water partition coefficient (Wildman–Crippen LogP) is 5.97. The molecule has 0 saturated carbocycles. The Kier molecular flexibility index (Phi) is 5.57. The second-order valence-corrected chi connectivity index (χ2v) is 7.99. The number of nitrogens with one attached hydrogen (secondary N) is 1. The number of carbonyl (C=O) groups is 1. The average molecular weight is 388 g/mol. The fraction of sp³-hybridized carbons (Fsp3) is 0.346. The molecule has 1 aliphatic rings. The molecule has 0 aromatic heterocycles. The number of para-hydroxylation sites is 1. The van der Waals surface area contributed by atoms with Crippen LogP contribution in [-0.4, -0.2) is 11.5 Å². The van der Waals surface area contributed by atoms with E-state index in [4.69, 9.17) is 4.74 Å². The molecule has 0 bridgehead atoms. The highest BCUT2D eigenvalue weighted by Crippen LogP contribution is 2.42. The van der Waals surface area contributed by atoms with Gasteiger partial charge in [-0.2, -0.15) is 0 Å². The van der Waals surface area contributed by atoms with Crippen molar-refractivity contribution in [3.05, 3.63) is 77.9 Å². The fourth-order valence-electron chi connectivity index (χ4n) is 4.46. The maximum absolute atomic E-state index is 12.9. The molecule has 1 N–H and O–H groups in total. The summed E-state index contributed by atoms with van der Waals surface area (Å²) in [6, 6.07) is 22.8. The van der Waals surface area contributed by atoms with E-state index in [1.807, 2.05) is 18.2 Å². The molecule has 0 saturated heterocycles. The van der Waals surface area contributed by atoms with E-state index in [1.165, 1.54) is 16.3 Å². The lowest BCUT2D eigenvalue weighted by atomic mass is 9.83. The van der Waals surface area contributed by atoms with Gasteiger partial charge in [-0.15, -0.1) is 0 Å². The number of benzene rings is 3. The van der Waals surface area contributed by atoms with Gasteiger partial charge in [-0.05, 0) is 41.7 Å². The van der Waals surface area contributed by atoms with Crippen molar-refractivity contribution < 1.29 is 9.53 Å². The van der Waals surface area contributed by atoms with E-state index in [-0.39, 0.29) is 17.6 Å². The number of ether oxygens (including phenoxy) is 1. The van der Waals surface area contributed by atoms with Crippen LogP contribution in [0.5, 0.6) is 5.75 Å². The first-order valence-corrected chi connectivity index (χ1v) is 10.7. The Morgan fingerprint density at radius 1 is 1.00 bits per heavy atom. The van der Waals surface area contributed by atoms with Gasteiger partial charge in [0, 0.05) is 18.4 Å². The molecule has 4 rings (SSSR count). The first kappa shape index (κ1) is 19.5. The Morgan fingerprint density at radius 3 is 2.55 bits per heavy atom. The summed E-state index contributed by atoms with van der Waals surface area (Å²) in [5.74, 6) is 1.00. The molecule has 3 nitrogen and oxygen atoms in total. The third-order valence-electron chi connectivity index (χ3n) is 6.32. The number of rotatable bonds is 6. The standard InChI is InChI=1S/C26H29NO2/c1-3-26(4-2)18-23(22-14-7-8-15-24(22)29-26)27-25(28)17-16-20-12-9-11-19-10-5-6-13-21(19)20/h5-15,23H,3-4,16-18H2,1-2H3,(H,27,28). The third kappa shape index (κ3) is 4.00. The minimum Gasteiger partial charge on any atom is -0.487 e. The molecule has 3 aromatic rings. The molecule has 0 spiro atoms. The van der Waals surface area contributed by atoms with Crippen molar-refractivity contribution in [2.45, 2.75) is 57.6 Å². The van der Waals surface area contributed by atoms with Gasteiger partial charge in [-0.3, -0.25) is 4.79 Å². The molecule has 29 heavy (non-hydrogen) atoms. The van der Waals surface area contributed by atoms with Crippen LogP contribution < -0.4 is 10.1 Å². The van der Waals surface area contributed by atoms with E-state index in [9.17, 15) is 4.79 Å². The molecular weight excluding hydrogens is 358 g/mol. The largest absolute Gasteiger partial charge is 0.487 e. The maximum atomic E-state index is 12.9. The van der Waals surface area contributed by atoms with E-state index in [2.05, 4.69) is 67.7 Å². The van der Waals surface area contributed by atoms with E-state index >= 15 is 0 Å². The van der Waals surface area contributed by atoms with Crippen LogP contribution in [0.3, 0.4) is 0 Å². The summed E-state index contributed by atoms with van der Waals surface area (Å²) in [5, 5.41) is 5.75. The SMILES string of the molecule is CCC1(CC)CC(NC(=O)CCc2cccc3ccccc23)c2ccccc2O1. The summed E-state index contributed by atoms with van der Waals surface area (Å²) in [7, 11) is 0. The van der Waals surface area contributed by atoms with E-state index in [0.29, 0.717) is 6.42 Å². The fourth-order valence-corrected chi connectivity index (χ4v) is 4.46. The number of carbonyl (C=O) groups excluding carboxylic acids is 1. The first-order chi connectivity index (χ1) is 14.1. The zero-order valence-corrected chi connectivity index (χ0v) is 17.3. The molecule has 1 heterocycles. The van der Waals surface area contributed by atoms with Gasteiger partial charge in [-0.25, -0.2) is 0 Å². The highest BCUT2D eigenvalue weighted by atomic mass is 16.5. The van der Waals surface area contributed by atoms with Gasteiger partial charge >= 0.3 is 0 Å².